The molecule has 1 saturated carbocycles. The molecule has 13 nitrogen and oxygen atoms in total. The van der Waals surface area contributed by atoms with Crippen molar-refractivity contribution < 1.29 is 28.5 Å². The number of nitrogens with zero attached hydrogens (tertiary/aromatic N) is 5. The minimum atomic E-state index is -0.773. The van der Waals surface area contributed by atoms with Gasteiger partial charge >= 0.3 is 12.2 Å². The Morgan fingerprint density at radius 3 is 2.74 bits per heavy atom. The van der Waals surface area contributed by atoms with Crippen molar-refractivity contribution in [3.05, 3.63) is 35.9 Å². The van der Waals surface area contributed by atoms with E-state index in [4.69, 9.17) is 24.0 Å². The van der Waals surface area contributed by atoms with Gasteiger partial charge in [0.25, 0.3) is 0 Å². The molecule has 1 fully saturated rings. The molecule has 13 heteroatoms. The van der Waals surface area contributed by atoms with Crippen molar-refractivity contribution in [1.82, 2.24) is 29.7 Å². The monoisotopic (exact) mass is 529 g/mol. The van der Waals surface area contributed by atoms with Gasteiger partial charge in [0.2, 0.25) is 0 Å². The lowest BCUT2D eigenvalue weighted by molar-refractivity contribution is -0.000130. The molecule has 1 unspecified atom stereocenters. The number of carbonyl (C=O) groups is 2. The predicted molar refractivity (Wildman–Crippen MR) is 137 cm³/mol. The van der Waals surface area contributed by atoms with Gasteiger partial charge in [0.15, 0.2) is 17.9 Å². The largest absolute Gasteiger partial charge is 0.510 e. The molecule has 1 aliphatic rings. The van der Waals surface area contributed by atoms with Crippen molar-refractivity contribution in [3.63, 3.8) is 0 Å². The van der Waals surface area contributed by atoms with Crippen LogP contribution in [0.3, 0.4) is 0 Å². The lowest BCUT2D eigenvalue weighted by Crippen LogP contribution is -2.33. The molecule has 0 bridgehead atoms. The maximum Gasteiger partial charge on any atom is 0.510 e. The minimum Gasteiger partial charge on any atom is -0.446 e. The summed E-state index contributed by atoms with van der Waals surface area (Å²) in [5, 5.41) is 15.2. The Bertz CT molecular complexity index is 1260. The molecule has 206 valence electrons. The van der Waals surface area contributed by atoms with Crippen LogP contribution in [0.2, 0.25) is 0 Å². The first-order chi connectivity index (χ1) is 18.3. The Kier molecular flexibility index (Phi) is 8.66. The number of alkyl carbamates (subject to hydrolysis) is 1. The van der Waals surface area contributed by atoms with E-state index in [1.807, 2.05) is 26.0 Å². The number of methoxy groups -OCH3 is 1. The van der Waals surface area contributed by atoms with E-state index in [9.17, 15) is 9.59 Å². The standard InChI is InChI=1S/C25H35N7O6/c1-6-36-25(34)37-16(4)32-20(17-7-8-19(11-17)38-24(33)27-15(2)3)13-22(30-32)28-23-21-12-18(14-35-5)29-31(21)10-9-26-23/h9-10,12-13,15-17,19H,6-8,11,14H2,1-5H3,(H,27,33)(H,26,28,30)/t16?,17-,19+/m0/s1. The van der Waals surface area contributed by atoms with Crippen LogP contribution in [0, 0.1) is 0 Å². The molecule has 3 heterocycles. The van der Waals surface area contributed by atoms with Crippen molar-refractivity contribution in [2.24, 2.45) is 0 Å². The molecule has 3 aromatic heterocycles. The van der Waals surface area contributed by atoms with Gasteiger partial charge in [-0.3, -0.25) is 0 Å². The van der Waals surface area contributed by atoms with E-state index < -0.39 is 18.5 Å². The third-order valence-electron chi connectivity index (χ3n) is 6.10. The highest BCUT2D eigenvalue weighted by Crippen LogP contribution is 2.38. The first-order valence-corrected chi connectivity index (χ1v) is 12.8. The van der Waals surface area contributed by atoms with Crippen molar-refractivity contribution in [2.75, 3.05) is 19.0 Å². The molecular formula is C25H35N7O6. The van der Waals surface area contributed by atoms with E-state index >= 15 is 0 Å². The van der Waals surface area contributed by atoms with Gasteiger partial charge < -0.3 is 29.6 Å². The van der Waals surface area contributed by atoms with Crippen LogP contribution >= 0.6 is 0 Å². The van der Waals surface area contributed by atoms with Gasteiger partial charge in [-0.15, -0.1) is 0 Å². The molecule has 0 spiro atoms. The lowest BCUT2D eigenvalue weighted by atomic mass is 10.0. The molecule has 38 heavy (non-hydrogen) atoms. The number of fused-ring (bicyclic) bond motifs is 1. The van der Waals surface area contributed by atoms with E-state index in [-0.39, 0.29) is 24.7 Å². The Labute approximate surface area is 220 Å². The molecule has 4 rings (SSSR count). The molecule has 1 amide bonds. The normalized spacial score (nSPS) is 17.9. The van der Waals surface area contributed by atoms with Gasteiger partial charge in [0.05, 0.1) is 18.9 Å². The third kappa shape index (κ3) is 6.52. The van der Waals surface area contributed by atoms with Crippen LogP contribution in [0.4, 0.5) is 21.2 Å². The first kappa shape index (κ1) is 27.2. The number of aromatic nitrogens is 5. The molecule has 1 aliphatic carbocycles. The lowest BCUT2D eigenvalue weighted by Gasteiger charge is -2.19. The number of carbonyl (C=O) groups excluding carboxylic acids is 2. The summed E-state index contributed by atoms with van der Waals surface area (Å²) in [6.07, 6.45) is 3.39. The van der Waals surface area contributed by atoms with Crippen LogP contribution in [-0.2, 0) is 25.6 Å². The SMILES string of the molecule is CCOC(=O)OC(C)n1nc(Nc2nccn3nc(COC)cc23)cc1[C@H]1CC[C@@H](OC(=O)NC(C)C)C1. The Balaban J connectivity index is 1.58. The van der Waals surface area contributed by atoms with Gasteiger partial charge in [-0.25, -0.2) is 23.8 Å². The molecule has 0 aliphatic heterocycles. The Hall–Kier alpha value is -3.87. The highest BCUT2D eigenvalue weighted by molar-refractivity contribution is 5.72. The van der Waals surface area contributed by atoms with Crippen LogP contribution in [0.5, 0.6) is 0 Å². The fourth-order valence-corrected chi connectivity index (χ4v) is 4.55. The molecule has 0 radical (unpaired) electrons. The summed E-state index contributed by atoms with van der Waals surface area (Å²) in [5.41, 5.74) is 2.38. The summed E-state index contributed by atoms with van der Waals surface area (Å²) in [6.45, 7) is 7.79. The van der Waals surface area contributed by atoms with Crippen LogP contribution in [-0.4, -0.2) is 62.5 Å². The molecular weight excluding hydrogens is 494 g/mol. The van der Waals surface area contributed by atoms with E-state index in [1.165, 1.54) is 0 Å². The van der Waals surface area contributed by atoms with Crippen LogP contribution in [0.1, 0.15) is 70.5 Å². The summed E-state index contributed by atoms with van der Waals surface area (Å²) in [5.74, 6) is 1.13. The topological polar surface area (TPSA) is 143 Å². The zero-order valence-corrected chi connectivity index (χ0v) is 22.3. The quantitative estimate of drug-likeness (QED) is 0.365. The van der Waals surface area contributed by atoms with Crippen LogP contribution < -0.4 is 10.6 Å². The van der Waals surface area contributed by atoms with E-state index in [1.54, 1.807) is 42.5 Å². The number of ether oxygens (including phenoxy) is 4. The summed E-state index contributed by atoms with van der Waals surface area (Å²) in [4.78, 5) is 28.6. The molecule has 3 atom stereocenters. The zero-order valence-electron chi connectivity index (χ0n) is 22.3. The average Bonchev–Trinajstić information content (AvgIpc) is 3.57. The number of hydrogen-bond acceptors (Lipinski definition) is 10. The number of anilines is 2. The number of hydrogen-bond donors (Lipinski definition) is 2. The molecule has 0 saturated heterocycles. The van der Waals surface area contributed by atoms with Gasteiger partial charge in [-0.05, 0) is 53.0 Å². The number of amides is 1. The van der Waals surface area contributed by atoms with Gasteiger partial charge in [0.1, 0.15) is 11.6 Å². The second-order valence-corrected chi connectivity index (χ2v) is 9.43. The third-order valence-corrected chi connectivity index (χ3v) is 6.10. The van der Waals surface area contributed by atoms with Gasteiger partial charge in [0, 0.05) is 43.2 Å². The Morgan fingerprint density at radius 2 is 2.00 bits per heavy atom. The van der Waals surface area contributed by atoms with E-state index in [0.717, 1.165) is 29.7 Å². The highest BCUT2D eigenvalue weighted by atomic mass is 16.7. The minimum absolute atomic E-state index is 0.00456. The second-order valence-electron chi connectivity index (χ2n) is 9.43. The summed E-state index contributed by atoms with van der Waals surface area (Å²) in [7, 11) is 1.62. The van der Waals surface area contributed by atoms with Crippen molar-refractivity contribution >= 4 is 29.4 Å². The summed E-state index contributed by atoms with van der Waals surface area (Å²) in [6, 6.07) is 3.80. The maximum absolute atomic E-state index is 12.1. The maximum atomic E-state index is 12.1. The van der Waals surface area contributed by atoms with Crippen LogP contribution in [0.25, 0.3) is 5.52 Å². The summed E-state index contributed by atoms with van der Waals surface area (Å²) < 4.78 is 24.6. The van der Waals surface area contributed by atoms with Crippen LogP contribution in [0.15, 0.2) is 24.5 Å². The van der Waals surface area contributed by atoms with Crippen molar-refractivity contribution in [1.29, 1.82) is 0 Å². The second kappa shape index (κ2) is 12.1. The molecule has 0 aromatic carbocycles. The fourth-order valence-electron chi connectivity index (χ4n) is 4.55. The van der Waals surface area contributed by atoms with E-state index in [0.29, 0.717) is 24.7 Å². The van der Waals surface area contributed by atoms with Gasteiger partial charge in [-0.1, -0.05) is 0 Å². The van der Waals surface area contributed by atoms with Crippen molar-refractivity contribution in [3.8, 4) is 0 Å². The zero-order chi connectivity index (χ0) is 27.2. The number of rotatable bonds is 10. The van der Waals surface area contributed by atoms with E-state index in [2.05, 4.69) is 20.7 Å². The summed E-state index contributed by atoms with van der Waals surface area (Å²) >= 11 is 0. The highest BCUT2D eigenvalue weighted by Gasteiger charge is 2.33. The van der Waals surface area contributed by atoms with Crippen molar-refractivity contribution in [2.45, 2.75) is 77.9 Å². The molecule has 2 N–H and O–H groups in total. The number of nitrogens with one attached hydrogen (secondary N) is 2. The smallest absolute Gasteiger partial charge is 0.446 e. The Morgan fingerprint density at radius 1 is 1.18 bits per heavy atom. The first-order valence-electron chi connectivity index (χ1n) is 12.8. The molecule has 3 aromatic rings. The predicted octanol–water partition coefficient (Wildman–Crippen LogP) is 4.28. The van der Waals surface area contributed by atoms with Gasteiger partial charge in [-0.2, -0.15) is 10.2 Å². The fraction of sp³-hybridized carbons (Fsp3) is 0.560. The average molecular weight is 530 g/mol.